The summed E-state index contributed by atoms with van der Waals surface area (Å²) in [6.45, 7) is 3.12. The highest BCUT2D eigenvalue weighted by Gasteiger charge is 2.41. The fraction of sp³-hybridized carbons (Fsp3) is 0.636. The average Bonchev–Trinajstić information content (AvgIpc) is 3.02. The fourth-order valence-electron chi connectivity index (χ4n) is 2.00. The molecule has 2 rings (SSSR count). The standard InChI is InChI=1S/C11H16BrN3O/c1-2-3-11(4-5-11)6-13-9-8(12)10(16)15-7-14-9/h7H,2-6H2,1H3,(H2,13,14,15,16). The lowest BCUT2D eigenvalue weighted by atomic mass is 10.0. The molecular formula is C11H16BrN3O. The van der Waals surface area contributed by atoms with Crippen LogP contribution in [0.3, 0.4) is 0 Å². The molecule has 0 bridgehead atoms. The number of nitrogens with zero attached hydrogens (tertiary/aromatic N) is 1. The number of aromatic nitrogens is 2. The summed E-state index contributed by atoms with van der Waals surface area (Å²) in [5.74, 6) is 0.645. The van der Waals surface area contributed by atoms with Crippen LogP contribution in [0.4, 0.5) is 5.82 Å². The van der Waals surface area contributed by atoms with Gasteiger partial charge in [0.2, 0.25) is 0 Å². The summed E-state index contributed by atoms with van der Waals surface area (Å²) >= 11 is 3.24. The van der Waals surface area contributed by atoms with Crippen LogP contribution in [-0.4, -0.2) is 16.5 Å². The third-order valence-corrected chi connectivity index (χ3v) is 3.90. The van der Waals surface area contributed by atoms with Crippen molar-refractivity contribution < 1.29 is 0 Å². The van der Waals surface area contributed by atoms with E-state index < -0.39 is 0 Å². The maximum absolute atomic E-state index is 11.3. The smallest absolute Gasteiger partial charge is 0.267 e. The zero-order valence-corrected chi connectivity index (χ0v) is 10.9. The first-order valence-corrected chi connectivity index (χ1v) is 6.43. The molecule has 1 fully saturated rings. The highest BCUT2D eigenvalue weighted by molar-refractivity contribution is 9.10. The molecule has 1 saturated carbocycles. The van der Waals surface area contributed by atoms with Gasteiger partial charge >= 0.3 is 0 Å². The van der Waals surface area contributed by atoms with Crippen molar-refractivity contribution in [3.8, 4) is 0 Å². The van der Waals surface area contributed by atoms with E-state index in [4.69, 9.17) is 0 Å². The van der Waals surface area contributed by atoms with Gasteiger partial charge in [-0.15, -0.1) is 0 Å². The fourth-order valence-corrected chi connectivity index (χ4v) is 2.36. The number of nitrogens with one attached hydrogen (secondary N) is 2. The van der Waals surface area contributed by atoms with Crippen molar-refractivity contribution in [3.05, 3.63) is 21.2 Å². The second kappa shape index (κ2) is 4.57. The number of anilines is 1. The van der Waals surface area contributed by atoms with Crippen molar-refractivity contribution in [3.63, 3.8) is 0 Å². The molecule has 0 unspecified atom stereocenters. The Morgan fingerprint density at radius 3 is 3.00 bits per heavy atom. The summed E-state index contributed by atoms with van der Waals surface area (Å²) in [7, 11) is 0. The van der Waals surface area contributed by atoms with Gasteiger partial charge in [0.1, 0.15) is 10.3 Å². The van der Waals surface area contributed by atoms with E-state index in [9.17, 15) is 4.79 Å². The maximum atomic E-state index is 11.3. The van der Waals surface area contributed by atoms with E-state index in [0.717, 1.165) is 6.54 Å². The van der Waals surface area contributed by atoms with Crippen LogP contribution in [0.2, 0.25) is 0 Å². The SMILES string of the molecule is CCCC1(CNc2nc[nH]c(=O)c2Br)CC1. The average molecular weight is 286 g/mol. The summed E-state index contributed by atoms with van der Waals surface area (Å²) in [4.78, 5) is 18.0. The van der Waals surface area contributed by atoms with E-state index in [1.54, 1.807) is 0 Å². The van der Waals surface area contributed by atoms with Crippen molar-refractivity contribution in [2.45, 2.75) is 32.6 Å². The largest absolute Gasteiger partial charge is 0.368 e. The van der Waals surface area contributed by atoms with Gasteiger partial charge in [0.15, 0.2) is 0 Å². The lowest BCUT2D eigenvalue weighted by Gasteiger charge is -2.15. The topological polar surface area (TPSA) is 57.8 Å². The highest BCUT2D eigenvalue weighted by atomic mass is 79.9. The Kier molecular flexibility index (Phi) is 3.33. The van der Waals surface area contributed by atoms with Crippen molar-refractivity contribution in [1.82, 2.24) is 9.97 Å². The zero-order chi connectivity index (χ0) is 11.6. The van der Waals surface area contributed by atoms with Gasteiger partial charge in [-0.3, -0.25) is 4.79 Å². The molecule has 1 aromatic rings. The number of hydrogen-bond acceptors (Lipinski definition) is 3. The van der Waals surface area contributed by atoms with E-state index in [2.05, 4.69) is 38.1 Å². The Labute approximate surface area is 103 Å². The molecule has 1 aliphatic carbocycles. The van der Waals surface area contributed by atoms with E-state index in [1.807, 2.05) is 0 Å². The first kappa shape index (κ1) is 11.6. The summed E-state index contributed by atoms with van der Waals surface area (Å²) < 4.78 is 0.488. The molecule has 2 N–H and O–H groups in total. The Bertz CT molecular complexity index is 425. The Hall–Kier alpha value is -0.840. The summed E-state index contributed by atoms with van der Waals surface area (Å²) in [6, 6.07) is 0. The third-order valence-electron chi connectivity index (χ3n) is 3.16. The van der Waals surface area contributed by atoms with Gasteiger partial charge in [-0.25, -0.2) is 4.98 Å². The Morgan fingerprint density at radius 2 is 2.38 bits per heavy atom. The lowest BCUT2D eigenvalue weighted by molar-refractivity contribution is 0.485. The lowest BCUT2D eigenvalue weighted by Crippen LogP contribution is -2.18. The molecule has 16 heavy (non-hydrogen) atoms. The number of hydrogen-bond donors (Lipinski definition) is 2. The molecule has 1 heterocycles. The first-order chi connectivity index (χ1) is 7.67. The molecule has 4 nitrogen and oxygen atoms in total. The Balaban J connectivity index is 2.00. The summed E-state index contributed by atoms with van der Waals surface area (Å²) in [6.07, 6.45) is 6.46. The molecular weight excluding hydrogens is 270 g/mol. The van der Waals surface area contributed by atoms with Crippen LogP contribution in [-0.2, 0) is 0 Å². The second-order valence-corrected chi connectivity index (χ2v) is 5.29. The number of H-pyrrole nitrogens is 1. The second-order valence-electron chi connectivity index (χ2n) is 4.50. The number of halogens is 1. The number of aromatic amines is 1. The van der Waals surface area contributed by atoms with Crippen LogP contribution < -0.4 is 10.9 Å². The zero-order valence-electron chi connectivity index (χ0n) is 9.35. The van der Waals surface area contributed by atoms with Gasteiger partial charge in [0.05, 0.1) is 6.33 Å². The van der Waals surface area contributed by atoms with Crippen molar-refractivity contribution in [2.24, 2.45) is 5.41 Å². The number of rotatable bonds is 5. The minimum atomic E-state index is -0.141. The van der Waals surface area contributed by atoms with Gasteiger partial charge in [0.25, 0.3) is 5.56 Å². The normalized spacial score (nSPS) is 17.1. The minimum Gasteiger partial charge on any atom is -0.368 e. The molecule has 0 aromatic carbocycles. The van der Waals surface area contributed by atoms with Crippen LogP contribution in [0.1, 0.15) is 32.6 Å². The molecule has 0 radical (unpaired) electrons. The third kappa shape index (κ3) is 2.45. The molecule has 0 atom stereocenters. The van der Waals surface area contributed by atoms with Crippen LogP contribution in [0.25, 0.3) is 0 Å². The minimum absolute atomic E-state index is 0.141. The van der Waals surface area contributed by atoms with Gasteiger partial charge in [-0.05, 0) is 40.6 Å². The first-order valence-electron chi connectivity index (χ1n) is 5.64. The van der Waals surface area contributed by atoms with E-state index >= 15 is 0 Å². The Morgan fingerprint density at radius 1 is 1.62 bits per heavy atom. The monoisotopic (exact) mass is 285 g/mol. The van der Waals surface area contributed by atoms with Crippen LogP contribution in [0.5, 0.6) is 0 Å². The van der Waals surface area contributed by atoms with Crippen molar-refractivity contribution in [2.75, 3.05) is 11.9 Å². The molecule has 0 spiro atoms. The maximum Gasteiger partial charge on any atom is 0.267 e. The van der Waals surface area contributed by atoms with Crippen molar-refractivity contribution in [1.29, 1.82) is 0 Å². The van der Waals surface area contributed by atoms with Crippen molar-refractivity contribution >= 4 is 21.7 Å². The molecule has 0 saturated heterocycles. The predicted octanol–water partition coefficient (Wildman–Crippen LogP) is 2.52. The van der Waals surface area contributed by atoms with Crippen LogP contribution in [0, 0.1) is 5.41 Å². The molecule has 0 aliphatic heterocycles. The van der Waals surface area contributed by atoms with Crippen LogP contribution in [0.15, 0.2) is 15.6 Å². The van der Waals surface area contributed by atoms with Gasteiger partial charge in [-0.2, -0.15) is 0 Å². The predicted molar refractivity (Wildman–Crippen MR) is 67.6 cm³/mol. The van der Waals surface area contributed by atoms with E-state index in [-0.39, 0.29) is 5.56 Å². The molecule has 1 aromatic heterocycles. The molecule has 1 aliphatic rings. The summed E-state index contributed by atoms with van der Waals surface area (Å²) in [5, 5.41) is 3.26. The van der Waals surface area contributed by atoms with E-state index in [0.29, 0.717) is 15.7 Å². The van der Waals surface area contributed by atoms with E-state index in [1.165, 1.54) is 32.0 Å². The van der Waals surface area contributed by atoms with Crippen LogP contribution >= 0.6 is 15.9 Å². The van der Waals surface area contributed by atoms with Gasteiger partial charge < -0.3 is 10.3 Å². The molecule has 5 heteroatoms. The van der Waals surface area contributed by atoms with Gasteiger partial charge in [0, 0.05) is 6.54 Å². The molecule has 88 valence electrons. The van der Waals surface area contributed by atoms with Gasteiger partial charge in [-0.1, -0.05) is 13.3 Å². The summed E-state index contributed by atoms with van der Waals surface area (Å²) in [5.41, 5.74) is 0.316. The highest BCUT2D eigenvalue weighted by Crippen LogP contribution is 2.49. The molecule has 0 amide bonds. The quantitative estimate of drug-likeness (QED) is 0.874.